The van der Waals surface area contributed by atoms with Crippen LogP contribution in [0.15, 0.2) is 0 Å². The van der Waals surface area contributed by atoms with Gasteiger partial charge in [-0.25, -0.2) is 8.78 Å². The first-order valence-electron chi connectivity index (χ1n) is 6.36. The number of halogens is 2. The minimum atomic E-state index is -3.46. The Kier molecular flexibility index (Phi) is 5.15. The number of ketones is 1. The number of Topliss-reactive ketones (excluding diaryl/α,β-unsaturated/α-hetero) is 1. The Labute approximate surface area is 115 Å². The van der Waals surface area contributed by atoms with E-state index in [1.165, 1.54) is 4.90 Å². The summed E-state index contributed by atoms with van der Waals surface area (Å²) in [5.74, 6) is -6.47. The maximum atomic E-state index is 13.5. The van der Waals surface area contributed by atoms with Gasteiger partial charge in [-0.05, 0) is 12.8 Å². The van der Waals surface area contributed by atoms with Crippen molar-refractivity contribution in [2.45, 2.75) is 44.7 Å². The van der Waals surface area contributed by atoms with Crippen LogP contribution in [0, 0.1) is 0 Å². The van der Waals surface area contributed by atoms with E-state index in [1.54, 1.807) is 5.32 Å². The minimum absolute atomic E-state index is 0.0496. The summed E-state index contributed by atoms with van der Waals surface area (Å²) in [6.07, 6.45) is 1.04. The molecule has 1 aliphatic heterocycles. The zero-order chi connectivity index (χ0) is 15.5. The molecule has 1 rings (SSSR count). The number of carbonyl (C=O) groups excluding carboxylic acids is 3. The number of nitrogens with two attached hydrogens (primary N) is 1. The van der Waals surface area contributed by atoms with Crippen molar-refractivity contribution >= 4 is 17.6 Å². The van der Waals surface area contributed by atoms with E-state index in [4.69, 9.17) is 5.73 Å². The quantitative estimate of drug-likeness (QED) is 0.693. The van der Waals surface area contributed by atoms with Gasteiger partial charge in [-0.15, -0.1) is 0 Å². The van der Waals surface area contributed by atoms with Crippen molar-refractivity contribution < 1.29 is 23.2 Å². The molecule has 2 amide bonds. The normalized spacial score (nSPS) is 18.6. The molecular weight excluding hydrogens is 272 g/mol. The van der Waals surface area contributed by atoms with E-state index in [-0.39, 0.29) is 19.1 Å². The second-order valence-electron chi connectivity index (χ2n) is 5.08. The molecule has 1 heterocycles. The molecule has 0 spiro atoms. The Hall–Kier alpha value is -1.57. The number of hydrogen-bond acceptors (Lipinski definition) is 4. The van der Waals surface area contributed by atoms with Crippen LogP contribution in [-0.2, 0) is 14.4 Å². The zero-order valence-electron chi connectivity index (χ0n) is 11.5. The first-order valence-corrected chi connectivity index (χ1v) is 6.36. The standard InChI is InChI=1S/C12H19F2N3O3/c1-7(18)10(19)16-9(12(2,13)14)11(20)17-5-3-8(15)4-6-17/h8-9H,3-6,15H2,1-2H3,(H,16,19). The number of nitrogens with zero attached hydrogens (tertiary/aromatic N) is 1. The maximum absolute atomic E-state index is 13.5. The number of alkyl halides is 2. The first-order chi connectivity index (χ1) is 9.12. The van der Waals surface area contributed by atoms with Gasteiger partial charge in [0.05, 0.1) is 0 Å². The van der Waals surface area contributed by atoms with Crippen molar-refractivity contribution in [3.8, 4) is 0 Å². The van der Waals surface area contributed by atoms with E-state index in [1.807, 2.05) is 0 Å². The van der Waals surface area contributed by atoms with Crippen molar-refractivity contribution in [2.24, 2.45) is 5.73 Å². The smallest absolute Gasteiger partial charge is 0.287 e. The van der Waals surface area contributed by atoms with Crippen LogP contribution in [0.25, 0.3) is 0 Å². The fraction of sp³-hybridized carbons (Fsp3) is 0.750. The van der Waals surface area contributed by atoms with Crippen molar-refractivity contribution in [3.63, 3.8) is 0 Å². The third kappa shape index (κ3) is 4.22. The predicted octanol–water partition coefficient (Wildman–Crippen LogP) is -0.335. The summed E-state index contributed by atoms with van der Waals surface area (Å²) in [6, 6.07) is -2.08. The fourth-order valence-corrected chi connectivity index (χ4v) is 1.94. The summed E-state index contributed by atoms with van der Waals surface area (Å²) in [4.78, 5) is 35.4. The van der Waals surface area contributed by atoms with Crippen molar-refractivity contribution in [3.05, 3.63) is 0 Å². The fourth-order valence-electron chi connectivity index (χ4n) is 1.94. The van der Waals surface area contributed by atoms with Crippen LogP contribution in [0.3, 0.4) is 0 Å². The lowest BCUT2D eigenvalue weighted by Gasteiger charge is -2.34. The lowest BCUT2D eigenvalue weighted by Crippen LogP contribution is -2.59. The van der Waals surface area contributed by atoms with Gasteiger partial charge in [0, 0.05) is 33.0 Å². The molecule has 0 radical (unpaired) electrons. The van der Waals surface area contributed by atoms with Crippen molar-refractivity contribution in [2.75, 3.05) is 13.1 Å². The van der Waals surface area contributed by atoms with E-state index in [9.17, 15) is 23.2 Å². The van der Waals surface area contributed by atoms with Crippen LogP contribution in [0.2, 0.25) is 0 Å². The van der Waals surface area contributed by atoms with Crippen LogP contribution >= 0.6 is 0 Å². The summed E-state index contributed by atoms with van der Waals surface area (Å²) in [5.41, 5.74) is 5.68. The molecule has 0 aromatic rings. The van der Waals surface area contributed by atoms with Crippen LogP contribution in [0.4, 0.5) is 8.78 Å². The van der Waals surface area contributed by atoms with Crippen LogP contribution in [-0.4, -0.2) is 53.6 Å². The summed E-state index contributed by atoms with van der Waals surface area (Å²) in [7, 11) is 0. The van der Waals surface area contributed by atoms with E-state index in [2.05, 4.69) is 0 Å². The van der Waals surface area contributed by atoms with E-state index >= 15 is 0 Å². The van der Waals surface area contributed by atoms with Crippen molar-refractivity contribution in [1.29, 1.82) is 0 Å². The Morgan fingerprint density at radius 1 is 1.30 bits per heavy atom. The van der Waals surface area contributed by atoms with Crippen LogP contribution in [0.5, 0.6) is 0 Å². The molecule has 1 fully saturated rings. The van der Waals surface area contributed by atoms with Gasteiger partial charge in [-0.3, -0.25) is 14.4 Å². The third-order valence-corrected chi connectivity index (χ3v) is 3.20. The molecule has 1 aliphatic rings. The number of amides is 2. The van der Waals surface area contributed by atoms with Crippen LogP contribution in [0.1, 0.15) is 26.7 Å². The van der Waals surface area contributed by atoms with E-state index in [0.717, 1.165) is 6.92 Å². The Morgan fingerprint density at radius 2 is 1.80 bits per heavy atom. The molecule has 0 aliphatic carbocycles. The number of carbonyl (C=O) groups is 3. The number of nitrogens with one attached hydrogen (secondary N) is 1. The second-order valence-corrected chi connectivity index (χ2v) is 5.08. The largest absolute Gasteiger partial charge is 0.341 e. The van der Waals surface area contributed by atoms with E-state index in [0.29, 0.717) is 19.8 Å². The van der Waals surface area contributed by atoms with Gasteiger partial charge in [0.15, 0.2) is 6.04 Å². The van der Waals surface area contributed by atoms with Gasteiger partial charge in [0.25, 0.3) is 17.7 Å². The molecule has 1 saturated heterocycles. The Balaban J connectivity index is 2.80. The zero-order valence-corrected chi connectivity index (χ0v) is 11.5. The van der Waals surface area contributed by atoms with Gasteiger partial charge in [-0.2, -0.15) is 0 Å². The number of hydrogen-bond donors (Lipinski definition) is 2. The highest BCUT2D eigenvalue weighted by molar-refractivity contribution is 6.35. The topological polar surface area (TPSA) is 92.5 Å². The highest BCUT2D eigenvalue weighted by atomic mass is 19.3. The molecule has 0 saturated carbocycles. The summed E-state index contributed by atoms with van der Waals surface area (Å²) >= 11 is 0. The maximum Gasteiger partial charge on any atom is 0.287 e. The molecule has 1 atom stereocenters. The Bertz CT molecular complexity index is 401. The van der Waals surface area contributed by atoms with Gasteiger partial charge in [0.1, 0.15) is 0 Å². The summed E-state index contributed by atoms with van der Waals surface area (Å²) < 4.78 is 27.0. The van der Waals surface area contributed by atoms with Gasteiger partial charge < -0.3 is 16.0 Å². The average Bonchev–Trinajstić information content (AvgIpc) is 2.34. The second kappa shape index (κ2) is 6.25. The number of likely N-dealkylation sites (tertiary alicyclic amines) is 1. The molecule has 0 aromatic carbocycles. The minimum Gasteiger partial charge on any atom is -0.341 e. The molecule has 1 unspecified atom stereocenters. The third-order valence-electron chi connectivity index (χ3n) is 3.20. The summed E-state index contributed by atoms with van der Waals surface area (Å²) in [5, 5.41) is 1.80. The van der Waals surface area contributed by atoms with Crippen LogP contribution < -0.4 is 11.1 Å². The molecule has 6 nitrogen and oxygen atoms in total. The molecule has 3 N–H and O–H groups in total. The predicted molar refractivity (Wildman–Crippen MR) is 67.0 cm³/mol. The Morgan fingerprint density at radius 3 is 2.20 bits per heavy atom. The average molecular weight is 291 g/mol. The highest BCUT2D eigenvalue weighted by Gasteiger charge is 2.43. The molecule has 0 bridgehead atoms. The SMILES string of the molecule is CC(=O)C(=O)NC(C(=O)N1CCC(N)CC1)C(C)(F)F. The first kappa shape index (κ1) is 16.5. The monoisotopic (exact) mass is 291 g/mol. The molecular formula is C12H19F2N3O3. The molecule has 20 heavy (non-hydrogen) atoms. The van der Waals surface area contributed by atoms with Gasteiger partial charge in [0.2, 0.25) is 5.78 Å². The molecule has 8 heteroatoms. The number of piperidine rings is 1. The van der Waals surface area contributed by atoms with Gasteiger partial charge in [-0.1, -0.05) is 0 Å². The highest BCUT2D eigenvalue weighted by Crippen LogP contribution is 2.21. The van der Waals surface area contributed by atoms with Crippen molar-refractivity contribution in [1.82, 2.24) is 10.2 Å². The van der Waals surface area contributed by atoms with Gasteiger partial charge >= 0.3 is 0 Å². The number of rotatable bonds is 4. The summed E-state index contributed by atoms with van der Waals surface area (Å²) in [6.45, 7) is 2.02. The molecule has 114 valence electrons. The van der Waals surface area contributed by atoms with E-state index < -0.39 is 29.6 Å². The molecule has 0 aromatic heterocycles. The lowest BCUT2D eigenvalue weighted by molar-refractivity contribution is -0.149. The lowest BCUT2D eigenvalue weighted by atomic mass is 10.0.